The standard InChI is InChI=1S/C19H33N5O4S/c1-5-21-10-12-22(13-11-21)16(4)15-20-18-9-8-17(14-19(18)24(25)26)29(27,28)23(6-2)7-3/h8-9,14,16,20H,5-7,10-13,15H2,1-4H3. The molecule has 0 radical (unpaired) electrons. The maximum Gasteiger partial charge on any atom is 0.293 e. The normalized spacial score (nSPS) is 17.4. The number of hydrogen-bond acceptors (Lipinski definition) is 7. The number of sulfonamides is 1. The molecule has 0 bridgehead atoms. The van der Waals surface area contributed by atoms with Gasteiger partial charge in [-0.15, -0.1) is 0 Å². The van der Waals surface area contributed by atoms with Gasteiger partial charge in [0.2, 0.25) is 10.0 Å². The van der Waals surface area contributed by atoms with E-state index in [-0.39, 0.29) is 16.6 Å². The summed E-state index contributed by atoms with van der Waals surface area (Å²) in [5.74, 6) is 0. The Kier molecular flexibility index (Phi) is 8.38. The summed E-state index contributed by atoms with van der Waals surface area (Å²) >= 11 is 0. The lowest BCUT2D eigenvalue weighted by Crippen LogP contribution is -2.51. The minimum absolute atomic E-state index is 0.0535. The maximum absolute atomic E-state index is 12.7. The highest BCUT2D eigenvalue weighted by Gasteiger charge is 2.26. The van der Waals surface area contributed by atoms with Crippen LogP contribution in [0.3, 0.4) is 0 Å². The Morgan fingerprint density at radius 1 is 1.17 bits per heavy atom. The number of hydrogen-bond donors (Lipinski definition) is 1. The predicted octanol–water partition coefficient (Wildman–Crippen LogP) is 2.06. The van der Waals surface area contributed by atoms with Crippen molar-refractivity contribution in [3.8, 4) is 0 Å². The van der Waals surface area contributed by atoms with Crippen LogP contribution in [0, 0.1) is 10.1 Å². The minimum Gasteiger partial charge on any atom is -0.378 e. The van der Waals surface area contributed by atoms with E-state index in [2.05, 4.69) is 29.0 Å². The Morgan fingerprint density at radius 3 is 2.31 bits per heavy atom. The molecule has 1 fully saturated rings. The fourth-order valence-electron chi connectivity index (χ4n) is 3.59. The second-order valence-corrected chi connectivity index (χ2v) is 9.16. The Bertz CT molecular complexity index is 790. The highest BCUT2D eigenvalue weighted by Crippen LogP contribution is 2.29. The molecule has 10 heteroatoms. The van der Waals surface area contributed by atoms with Crippen molar-refractivity contribution in [3.05, 3.63) is 28.3 Å². The van der Waals surface area contributed by atoms with E-state index < -0.39 is 14.9 Å². The summed E-state index contributed by atoms with van der Waals surface area (Å²) in [5, 5.41) is 14.7. The van der Waals surface area contributed by atoms with Gasteiger partial charge in [-0.05, 0) is 25.6 Å². The zero-order chi connectivity index (χ0) is 21.6. The van der Waals surface area contributed by atoms with Crippen LogP contribution in [-0.2, 0) is 10.0 Å². The van der Waals surface area contributed by atoms with Crippen LogP contribution in [-0.4, -0.2) is 85.8 Å². The zero-order valence-electron chi connectivity index (χ0n) is 17.8. The lowest BCUT2D eigenvalue weighted by molar-refractivity contribution is -0.384. The first-order chi connectivity index (χ1) is 13.7. The number of nitrogens with zero attached hydrogens (tertiary/aromatic N) is 4. The number of piperazine rings is 1. The van der Waals surface area contributed by atoms with Gasteiger partial charge in [-0.25, -0.2) is 8.42 Å². The molecule has 0 aliphatic carbocycles. The van der Waals surface area contributed by atoms with Gasteiger partial charge < -0.3 is 10.2 Å². The lowest BCUT2D eigenvalue weighted by Gasteiger charge is -2.37. The lowest BCUT2D eigenvalue weighted by atomic mass is 10.2. The Labute approximate surface area is 173 Å². The fourth-order valence-corrected chi connectivity index (χ4v) is 5.07. The van der Waals surface area contributed by atoms with Crippen molar-refractivity contribution >= 4 is 21.4 Å². The van der Waals surface area contributed by atoms with Crippen molar-refractivity contribution in [1.82, 2.24) is 14.1 Å². The van der Waals surface area contributed by atoms with Crippen molar-refractivity contribution in [1.29, 1.82) is 0 Å². The molecule has 1 aliphatic heterocycles. The molecular weight excluding hydrogens is 394 g/mol. The molecule has 29 heavy (non-hydrogen) atoms. The molecule has 0 spiro atoms. The van der Waals surface area contributed by atoms with E-state index in [0.29, 0.717) is 25.3 Å². The van der Waals surface area contributed by atoms with Crippen molar-refractivity contribution in [2.75, 3.05) is 57.7 Å². The number of nitrogens with one attached hydrogen (secondary N) is 1. The van der Waals surface area contributed by atoms with E-state index in [1.54, 1.807) is 13.8 Å². The quantitative estimate of drug-likeness (QED) is 0.451. The first kappa shape index (κ1) is 23.5. The third-order valence-corrected chi connectivity index (χ3v) is 7.62. The SMILES string of the molecule is CCN1CCN(C(C)CNc2ccc(S(=O)(=O)N(CC)CC)cc2[N+](=O)[O-])CC1. The van der Waals surface area contributed by atoms with Crippen molar-refractivity contribution in [3.63, 3.8) is 0 Å². The van der Waals surface area contributed by atoms with Gasteiger partial charge in [0, 0.05) is 57.9 Å². The minimum atomic E-state index is -3.74. The van der Waals surface area contributed by atoms with Gasteiger partial charge >= 0.3 is 0 Å². The van der Waals surface area contributed by atoms with Gasteiger partial charge in [0.25, 0.3) is 5.69 Å². The van der Waals surface area contributed by atoms with Gasteiger partial charge in [-0.3, -0.25) is 15.0 Å². The number of likely N-dealkylation sites (N-methyl/N-ethyl adjacent to an activating group) is 1. The Hall–Kier alpha value is -1.75. The molecular formula is C19H33N5O4S. The second-order valence-electron chi connectivity index (χ2n) is 7.23. The summed E-state index contributed by atoms with van der Waals surface area (Å²) in [7, 11) is -3.74. The van der Waals surface area contributed by atoms with Crippen LogP contribution in [0.4, 0.5) is 11.4 Å². The molecule has 164 valence electrons. The second kappa shape index (κ2) is 10.3. The first-order valence-corrected chi connectivity index (χ1v) is 11.7. The van der Waals surface area contributed by atoms with Gasteiger partial charge in [-0.2, -0.15) is 4.31 Å². The molecule has 0 amide bonds. The monoisotopic (exact) mass is 427 g/mol. The molecule has 1 heterocycles. The van der Waals surface area contributed by atoms with Crippen LogP contribution < -0.4 is 5.32 Å². The molecule has 1 aromatic rings. The van der Waals surface area contributed by atoms with Crippen molar-refractivity contribution in [2.45, 2.75) is 38.6 Å². The van der Waals surface area contributed by atoms with E-state index in [0.717, 1.165) is 38.8 Å². The average Bonchev–Trinajstić information content (AvgIpc) is 2.72. The number of rotatable bonds is 10. The van der Waals surface area contributed by atoms with Crippen molar-refractivity contribution < 1.29 is 13.3 Å². The molecule has 1 aromatic carbocycles. The largest absolute Gasteiger partial charge is 0.378 e. The third kappa shape index (κ3) is 5.65. The Balaban J connectivity index is 2.12. The molecule has 1 saturated heterocycles. The first-order valence-electron chi connectivity index (χ1n) is 10.2. The maximum atomic E-state index is 12.7. The van der Waals surface area contributed by atoms with Crippen LogP contribution in [0.5, 0.6) is 0 Å². The van der Waals surface area contributed by atoms with E-state index >= 15 is 0 Å². The smallest absolute Gasteiger partial charge is 0.293 e. The molecule has 1 atom stereocenters. The van der Waals surface area contributed by atoms with Crippen LogP contribution in [0.1, 0.15) is 27.7 Å². The molecule has 9 nitrogen and oxygen atoms in total. The number of benzene rings is 1. The van der Waals surface area contributed by atoms with Crippen LogP contribution in [0.25, 0.3) is 0 Å². The van der Waals surface area contributed by atoms with Gasteiger partial charge in [0.1, 0.15) is 5.69 Å². The Morgan fingerprint density at radius 2 is 1.79 bits per heavy atom. The summed E-state index contributed by atoms with van der Waals surface area (Å²) in [4.78, 5) is 15.7. The van der Waals surface area contributed by atoms with Crippen LogP contribution in [0.2, 0.25) is 0 Å². The fraction of sp³-hybridized carbons (Fsp3) is 0.684. The predicted molar refractivity (Wildman–Crippen MR) is 115 cm³/mol. The third-order valence-electron chi connectivity index (χ3n) is 5.57. The van der Waals surface area contributed by atoms with Gasteiger partial charge in [0.05, 0.1) is 9.82 Å². The molecule has 1 unspecified atom stereocenters. The summed E-state index contributed by atoms with van der Waals surface area (Å²) < 4.78 is 26.6. The molecule has 2 rings (SSSR count). The average molecular weight is 428 g/mol. The van der Waals surface area contributed by atoms with E-state index in [9.17, 15) is 18.5 Å². The molecule has 0 aromatic heterocycles. The van der Waals surface area contributed by atoms with Gasteiger partial charge in [-0.1, -0.05) is 20.8 Å². The number of nitro groups is 1. The topological polar surface area (TPSA) is 99.0 Å². The summed E-state index contributed by atoms with van der Waals surface area (Å²) in [6.07, 6.45) is 0. The highest BCUT2D eigenvalue weighted by molar-refractivity contribution is 7.89. The number of anilines is 1. The molecule has 1 N–H and O–H groups in total. The van der Waals surface area contributed by atoms with E-state index in [4.69, 9.17) is 0 Å². The summed E-state index contributed by atoms with van der Waals surface area (Å²) in [5.41, 5.74) is 0.119. The van der Waals surface area contributed by atoms with Crippen LogP contribution in [0.15, 0.2) is 23.1 Å². The van der Waals surface area contributed by atoms with Gasteiger partial charge in [0.15, 0.2) is 0 Å². The van der Waals surface area contributed by atoms with E-state index in [1.165, 1.54) is 16.4 Å². The highest BCUT2D eigenvalue weighted by atomic mass is 32.2. The van der Waals surface area contributed by atoms with E-state index in [1.807, 2.05) is 0 Å². The summed E-state index contributed by atoms with van der Waals surface area (Å²) in [6, 6.07) is 4.30. The molecule has 1 aliphatic rings. The molecule has 0 saturated carbocycles. The zero-order valence-corrected chi connectivity index (χ0v) is 18.6. The summed E-state index contributed by atoms with van der Waals surface area (Å²) in [6.45, 7) is 14.0. The number of nitro benzene ring substituents is 1. The van der Waals surface area contributed by atoms with Crippen molar-refractivity contribution in [2.24, 2.45) is 0 Å². The van der Waals surface area contributed by atoms with Crippen LogP contribution >= 0.6 is 0 Å².